The highest BCUT2D eigenvalue weighted by Crippen LogP contribution is 2.27. The zero-order chi connectivity index (χ0) is 21.1. The molecule has 0 N–H and O–H groups in total. The standard InChI is InChI=1S/C19H22N2O6S/c1-5-11-19(2)26-16(24)13(17(25)27-19)10-8-6-7-9-12-14(22)20(3)18(28)21(4)15(12)23/h6-10,22H,5,11H2,1-4H3/p-1. The molecule has 0 aliphatic carbocycles. The topological polar surface area (TPSA) is 103 Å². The maximum atomic E-state index is 12.1. The summed E-state index contributed by atoms with van der Waals surface area (Å²) < 4.78 is 12.9. The Morgan fingerprint density at radius 2 is 1.68 bits per heavy atom. The van der Waals surface area contributed by atoms with Crippen molar-refractivity contribution >= 4 is 30.2 Å². The fourth-order valence-electron chi connectivity index (χ4n) is 2.66. The van der Waals surface area contributed by atoms with Crippen LogP contribution in [0.1, 0.15) is 32.3 Å². The van der Waals surface area contributed by atoms with E-state index < -0.39 is 29.2 Å². The summed E-state index contributed by atoms with van der Waals surface area (Å²) in [5, 5.41) is 12.1. The molecule has 1 aliphatic rings. The van der Waals surface area contributed by atoms with Crippen molar-refractivity contribution < 1.29 is 24.2 Å². The smallest absolute Gasteiger partial charge is 0.348 e. The van der Waals surface area contributed by atoms with E-state index in [9.17, 15) is 19.5 Å². The molecule has 0 saturated carbocycles. The lowest BCUT2D eigenvalue weighted by Gasteiger charge is -2.32. The molecule has 0 radical (unpaired) electrons. The number of hydrogen-bond donors (Lipinski definition) is 0. The summed E-state index contributed by atoms with van der Waals surface area (Å²) in [6.45, 7) is 3.42. The third kappa shape index (κ3) is 4.30. The van der Waals surface area contributed by atoms with Gasteiger partial charge in [0.15, 0.2) is 4.77 Å². The minimum absolute atomic E-state index is 0.0530. The Bertz CT molecular complexity index is 992. The lowest BCUT2D eigenvalue weighted by atomic mass is 10.1. The van der Waals surface area contributed by atoms with E-state index in [1.807, 2.05) is 6.92 Å². The number of esters is 2. The monoisotopic (exact) mass is 405 g/mol. The lowest BCUT2D eigenvalue weighted by Crippen LogP contribution is -2.44. The SMILES string of the molecule is CCCC1(C)OC(=O)C(=CC=CC=Cc2c([O-])n(C)c(=S)n(C)c2=O)C(=O)O1. The zero-order valence-corrected chi connectivity index (χ0v) is 16.9. The Morgan fingerprint density at radius 1 is 1.07 bits per heavy atom. The molecule has 1 saturated heterocycles. The van der Waals surface area contributed by atoms with Gasteiger partial charge in [-0.05, 0) is 36.7 Å². The van der Waals surface area contributed by atoms with Crippen molar-refractivity contribution in [3.63, 3.8) is 0 Å². The van der Waals surface area contributed by atoms with Gasteiger partial charge in [0.2, 0.25) is 0 Å². The van der Waals surface area contributed by atoms with Gasteiger partial charge in [-0.1, -0.05) is 25.2 Å². The Labute approximate surface area is 167 Å². The molecule has 0 bridgehead atoms. The first-order chi connectivity index (χ1) is 13.1. The summed E-state index contributed by atoms with van der Waals surface area (Å²) in [6.07, 6.45) is 8.00. The number of rotatable bonds is 5. The van der Waals surface area contributed by atoms with E-state index in [0.717, 1.165) is 0 Å². The van der Waals surface area contributed by atoms with Crippen LogP contribution in [-0.4, -0.2) is 26.9 Å². The summed E-state index contributed by atoms with van der Waals surface area (Å²) in [4.78, 5) is 36.2. The van der Waals surface area contributed by atoms with Crippen molar-refractivity contribution in [1.82, 2.24) is 9.13 Å². The highest BCUT2D eigenvalue weighted by Gasteiger charge is 2.41. The van der Waals surface area contributed by atoms with Crippen molar-refractivity contribution in [2.45, 2.75) is 32.5 Å². The molecule has 9 heteroatoms. The molecular formula is C19H21N2O6S-. The average molecular weight is 405 g/mol. The first-order valence-electron chi connectivity index (χ1n) is 8.60. The van der Waals surface area contributed by atoms with Crippen molar-refractivity contribution in [3.8, 4) is 5.88 Å². The van der Waals surface area contributed by atoms with Crippen molar-refractivity contribution in [2.75, 3.05) is 0 Å². The molecule has 150 valence electrons. The zero-order valence-electron chi connectivity index (χ0n) is 16.1. The van der Waals surface area contributed by atoms with Crippen LogP contribution >= 0.6 is 12.2 Å². The van der Waals surface area contributed by atoms with Crippen LogP contribution in [-0.2, 0) is 33.2 Å². The fraction of sp³-hybridized carbons (Fsp3) is 0.368. The van der Waals surface area contributed by atoms with Gasteiger partial charge < -0.3 is 19.1 Å². The highest BCUT2D eigenvalue weighted by atomic mass is 32.1. The van der Waals surface area contributed by atoms with E-state index >= 15 is 0 Å². The number of hydrogen-bond acceptors (Lipinski definition) is 7. The molecule has 1 fully saturated rings. The summed E-state index contributed by atoms with van der Waals surface area (Å²) in [5.41, 5.74) is -0.797. The van der Waals surface area contributed by atoms with Gasteiger partial charge in [0.1, 0.15) is 5.57 Å². The number of ether oxygens (including phenoxy) is 2. The largest absolute Gasteiger partial charge is 0.859 e. The Kier molecular flexibility index (Phi) is 6.40. The summed E-state index contributed by atoms with van der Waals surface area (Å²) in [7, 11) is 2.96. The molecule has 2 heterocycles. The number of allylic oxidation sites excluding steroid dienone is 4. The van der Waals surface area contributed by atoms with E-state index in [2.05, 4.69) is 0 Å². The van der Waals surface area contributed by atoms with Gasteiger partial charge >= 0.3 is 11.9 Å². The predicted octanol–water partition coefficient (Wildman–Crippen LogP) is 1.64. The highest BCUT2D eigenvalue weighted by molar-refractivity contribution is 7.71. The minimum Gasteiger partial charge on any atom is -0.859 e. The van der Waals surface area contributed by atoms with Gasteiger partial charge in [-0.15, -0.1) is 0 Å². The second kappa shape index (κ2) is 8.39. The first-order valence-corrected chi connectivity index (χ1v) is 9.01. The molecule has 28 heavy (non-hydrogen) atoms. The molecule has 0 spiro atoms. The van der Waals surface area contributed by atoms with Crippen LogP contribution in [0.4, 0.5) is 0 Å². The van der Waals surface area contributed by atoms with E-state index in [-0.39, 0.29) is 15.9 Å². The van der Waals surface area contributed by atoms with Crippen molar-refractivity contribution in [2.24, 2.45) is 14.1 Å². The predicted molar refractivity (Wildman–Crippen MR) is 103 cm³/mol. The van der Waals surface area contributed by atoms with Crippen LogP contribution in [0.15, 0.2) is 34.7 Å². The van der Waals surface area contributed by atoms with Crippen molar-refractivity contribution in [3.05, 3.63) is 50.6 Å². The molecular weight excluding hydrogens is 384 g/mol. The van der Waals surface area contributed by atoms with Gasteiger partial charge in [0.25, 0.3) is 11.3 Å². The number of carbonyl (C=O) groups is 2. The van der Waals surface area contributed by atoms with Gasteiger partial charge in [-0.2, -0.15) is 0 Å². The van der Waals surface area contributed by atoms with Crippen LogP contribution in [0.2, 0.25) is 0 Å². The van der Waals surface area contributed by atoms with Crippen LogP contribution in [0.25, 0.3) is 6.08 Å². The maximum absolute atomic E-state index is 12.1. The average Bonchev–Trinajstić information content (AvgIpc) is 2.62. The van der Waals surface area contributed by atoms with Crippen molar-refractivity contribution in [1.29, 1.82) is 0 Å². The summed E-state index contributed by atoms with van der Waals surface area (Å²) in [6, 6.07) is 0. The van der Waals surface area contributed by atoms with Crippen LogP contribution in [0.3, 0.4) is 0 Å². The molecule has 1 aliphatic heterocycles. The Morgan fingerprint density at radius 3 is 2.25 bits per heavy atom. The lowest BCUT2D eigenvalue weighted by molar-refractivity contribution is -0.279. The molecule has 1 aromatic rings. The van der Waals surface area contributed by atoms with E-state index in [1.165, 1.54) is 60.5 Å². The molecule has 0 amide bonds. The molecule has 0 aromatic carbocycles. The minimum atomic E-state index is -1.25. The summed E-state index contributed by atoms with van der Waals surface area (Å²) in [5.74, 6) is -3.28. The fourth-order valence-corrected chi connectivity index (χ4v) is 2.83. The molecule has 0 unspecified atom stereocenters. The van der Waals surface area contributed by atoms with Crippen LogP contribution in [0.5, 0.6) is 5.88 Å². The van der Waals surface area contributed by atoms with E-state index in [4.69, 9.17) is 21.7 Å². The van der Waals surface area contributed by atoms with Crippen LogP contribution in [0, 0.1) is 4.77 Å². The number of carbonyl (C=O) groups excluding carboxylic acids is 2. The molecule has 1 aromatic heterocycles. The molecule has 0 atom stereocenters. The molecule has 2 rings (SSSR count). The third-order valence-corrected chi connectivity index (χ3v) is 4.70. The van der Waals surface area contributed by atoms with Crippen LogP contribution < -0.4 is 10.7 Å². The number of nitrogens with zero attached hydrogens (tertiary/aromatic N) is 2. The van der Waals surface area contributed by atoms with Gasteiger partial charge in [-0.3, -0.25) is 9.36 Å². The second-order valence-electron chi connectivity index (χ2n) is 6.41. The van der Waals surface area contributed by atoms with E-state index in [1.54, 1.807) is 0 Å². The first kappa shape index (κ1) is 21.4. The summed E-state index contributed by atoms with van der Waals surface area (Å²) >= 11 is 5.00. The van der Waals surface area contributed by atoms with Gasteiger partial charge in [0, 0.05) is 33.0 Å². The van der Waals surface area contributed by atoms with E-state index in [0.29, 0.717) is 12.8 Å². The quantitative estimate of drug-likeness (QED) is 0.241. The van der Waals surface area contributed by atoms with Gasteiger partial charge in [-0.25, -0.2) is 9.59 Å². The number of cyclic esters (lactones) is 2. The Balaban J connectivity index is 2.19. The maximum Gasteiger partial charge on any atom is 0.348 e. The normalized spacial score (nSPS) is 19.9. The second-order valence-corrected chi connectivity index (χ2v) is 6.78. The third-order valence-electron chi connectivity index (χ3n) is 4.15. The molecule has 8 nitrogen and oxygen atoms in total. The van der Waals surface area contributed by atoms with Gasteiger partial charge in [0.05, 0.1) is 0 Å². The number of aromatic nitrogens is 2. The Hall–Kier alpha value is -2.94.